The van der Waals surface area contributed by atoms with Gasteiger partial charge in [-0.2, -0.15) is 0 Å². The zero-order valence-corrected chi connectivity index (χ0v) is 14.5. The Morgan fingerprint density at radius 3 is 2.92 bits per heavy atom. The van der Waals surface area contributed by atoms with Gasteiger partial charge in [-0.05, 0) is 56.6 Å². The first kappa shape index (κ1) is 16.1. The van der Waals surface area contributed by atoms with Gasteiger partial charge in [0.05, 0.1) is 13.1 Å². The highest BCUT2D eigenvalue weighted by Gasteiger charge is 2.54. The van der Waals surface area contributed by atoms with Gasteiger partial charge in [0.2, 0.25) is 0 Å². The second-order valence-electron chi connectivity index (χ2n) is 7.74. The monoisotopic (exact) mass is 329 g/mol. The molecule has 1 atom stereocenters. The molecule has 2 heterocycles. The fraction of sp³-hybridized carbons (Fsp3) is 0.650. The number of ether oxygens (including phenoxy) is 2. The van der Waals surface area contributed by atoms with Crippen LogP contribution in [0.1, 0.15) is 41.6 Å². The summed E-state index contributed by atoms with van der Waals surface area (Å²) in [6.07, 6.45) is 4.83. The number of hydrogen-bond acceptors (Lipinski definition) is 3. The summed E-state index contributed by atoms with van der Waals surface area (Å²) in [6.45, 7) is 6.06. The third-order valence-corrected chi connectivity index (χ3v) is 5.73. The van der Waals surface area contributed by atoms with Gasteiger partial charge in [0, 0.05) is 25.4 Å². The minimum Gasteiger partial charge on any atom is -0.381 e. The second-order valence-corrected chi connectivity index (χ2v) is 7.74. The van der Waals surface area contributed by atoms with Gasteiger partial charge in [0.25, 0.3) is 5.91 Å². The van der Waals surface area contributed by atoms with Crippen molar-refractivity contribution in [2.24, 2.45) is 11.8 Å². The van der Waals surface area contributed by atoms with Crippen LogP contribution in [-0.4, -0.2) is 49.3 Å². The highest BCUT2D eigenvalue weighted by Crippen LogP contribution is 2.42. The van der Waals surface area contributed by atoms with Crippen LogP contribution < -0.4 is 0 Å². The SMILES string of the molecule is Cc1cccc(C(=O)N2CC3(C2)OCC[C@H]3CCOCC2CC2)c1. The largest absolute Gasteiger partial charge is 0.381 e. The Bertz CT molecular complexity index is 605. The first-order valence-electron chi connectivity index (χ1n) is 9.24. The van der Waals surface area contributed by atoms with Gasteiger partial charge in [-0.1, -0.05) is 17.7 Å². The summed E-state index contributed by atoms with van der Waals surface area (Å²) in [7, 11) is 0. The van der Waals surface area contributed by atoms with Crippen molar-refractivity contribution in [1.29, 1.82) is 0 Å². The van der Waals surface area contributed by atoms with Crippen molar-refractivity contribution < 1.29 is 14.3 Å². The fourth-order valence-electron chi connectivity index (χ4n) is 4.01. The molecule has 1 spiro atoms. The van der Waals surface area contributed by atoms with E-state index in [1.54, 1.807) is 0 Å². The molecule has 3 fully saturated rings. The van der Waals surface area contributed by atoms with Crippen LogP contribution in [0.3, 0.4) is 0 Å². The number of carbonyl (C=O) groups excluding carboxylic acids is 1. The molecule has 0 aromatic heterocycles. The Morgan fingerprint density at radius 2 is 2.17 bits per heavy atom. The van der Waals surface area contributed by atoms with Crippen molar-refractivity contribution in [3.8, 4) is 0 Å². The quantitative estimate of drug-likeness (QED) is 0.753. The van der Waals surface area contributed by atoms with Crippen LogP contribution in [0.4, 0.5) is 0 Å². The van der Waals surface area contributed by atoms with Crippen molar-refractivity contribution in [3.05, 3.63) is 35.4 Å². The molecular formula is C20H27NO3. The van der Waals surface area contributed by atoms with E-state index in [0.29, 0.717) is 5.92 Å². The molecule has 1 saturated carbocycles. The van der Waals surface area contributed by atoms with E-state index in [1.165, 1.54) is 12.8 Å². The fourth-order valence-corrected chi connectivity index (χ4v) is 4.01. The summed E-state index contributed by atoms with van der Waals surface area (Å²) in [5.74, 6) is 1.48. The Hall–Kier alpha value is -1.39. The van der Waals surface area contributed by atoms with Crippen LogP contribution in [-0.2, 0) is 9.47 Å². The third-order valence-electron chi connectivity index (χ3n) is 5.73. The Labute approximate surface area is 144 Å². The van der Waals surface area contributed by atoms with Crippen LogP contribution in [0.5, 0.6) is 0 Å². The Morgan fingerprint density at radius 1 is 1.33 bits per heavy atom. The van der Waals surface area contributed by atoms with Gasteiger partial charge in [0.15, 0.2) is 0 Å². The van der Waals surface area contributed by atoms with Gasteiger partial charge < -0.3 is 14.4 Å². The molecule has 1 aromatic rings. The first-order chi connectivity index (χ1) is 11.7. The lowest BCUT2D eigenvalue weighted by molar-refractivity contribution is -0.120. The normalized spacial score (nSPS) is 25.0. The Balaban J connectivity index is 1.29. The summed E-state index contributed by atoms with van der Waals surface area (Å²) in [6, 6.07) is 7.83. The van der Waals surface area contributed by atoms with E-state index in [1.807, 2.05) is 36.1 Å². The first-order valence-corrected chi connectivity index (χ1v) is 9.24. The smallest absolute Gasteiger partial charge is 0.254 e. The summed E-state index contributed by atoms with van der Waals surface area (Å²) in [4.78, 5) is 14.5. The zero-order chi connectivity index (χ0) is 16.6. The van der Waals surface area contributed by atoms with Crippen LogP contribution in [0.2, 0.25) is 0 Å². The predicted molar refractivity (Wildman–Crippen MR) is 92.0 cm³/mol. The number of hydrogen-bond donors (Lipinski definition) is 0. The number of aryl methyl sites for hydroxylation is 1. The van der Waals surface area contributed by atoms with Gasteiger partial charge >= 0.3 is 0 Å². The van der Waals surface area contributed by atoms with Crippen molar-refractivity contribution in [3.63, 3.8) is 0 Å². The number of amides is 1. The maximum atomic E-state index is 12.6. The van der Waals surface area contributed by atoms with Crippen molar-refractivity contribution in [2.75, 3.05) is 32.9 Å². The van der Waals surface area contributed by atoms with E-state index < -0.39 is 0 Å². The number of benzene rings is 1. The summed E-state index contributed by atoms with van der Waals surface area (Å²) in [5, 5.41) is 0. The average molecular weight is 329 g/mol. The molecule has 2 aliphatic heterocycles. The average Bonchev–Trinajstić information content (AvgIpc) is 3.27. The molecule has 4 heteroatoms. The topological polar surface area (TPSA) is 38.8 Å². The van der Waals surface area contributed by atoms with Gasteiger partial charge in [-0.15, -0.1) is 0 Å². The number of carbonyl (C=O) groups is 1. The molecule has 4 rings (SSSR count). The minimum absolute atomic E-state index is 0.109. The maximum Gasteiger partial charge on any atom is 0.254 e. The molecule has 1 aromatic carbocycles. The van der Waals surface area contributed by atoms with Gasteiger partial charge in [-0.25, -0.2) is 0 Å². The summed E-state index contributed by atoms with van der Waals surface area (Å²) < 4.78 is 11.9. The number of rotatable bonds is 6. The van der Waals surface area contributed by atoms with E-state index in [-0.39, 0.29) is 11.5 Å². The number of nitrogens with zero attached hydrogens (tertiary/aromatic N) is 1. The molecule has 130 valence electrons. The summed E-state index contributed by atoms with van der Waals surface area (Å²) in [5.41, 5.74) is 1.80. The molecule has 2 saturated heterocycles. The molecule has 4 nitrogen and oxygen atoms in total. The standard InChI is InChI=1S/C20H27NO3/c1-15-3-2-4-17(11-15)19(22)21-13-20(14-21)18(8-10-24-20)7-9-23-12-16-5-6-16/h2-4,11,16,18H,5-10,12-14H2,1H3/t18-/m1/s1. The lowest BCUT2D eigenvalue weighted by atomic mass is 9.79. The van der Waals surface area contributed by atoms with E-state index in [0.717, 1.165) is 62.8 Å². The third kappa shape index (κ3) is 3.22. The van der Waals surface area contributed by atoms with Crippen LogP contribution >= 0.6 is 0 Å². The molecular weight excluding hydrogens is 302 g/mol. The molecule has 0 bridgehead atoms. The van der Waals surface area contributed by atoms with Crippen molar-refractivity contribution >= 4 is 5.91 Å². The van der Waals surface area contributed by atoms with E-state index in [4.69, 9.17) is 9.47 Å². The Kier molecular flexibility index (Phi) is 4.35. The highest BCUT2D eigenvalue weighted by molar-refractivity contribution is 5.95. The van der Waals surface area contributed by atoms with E-state index in [2.05, 4.69) is 0 Å². The lowest BCUT2D eigenvalue weighted by Gasteiger charge is -2.50. The molecule has 0 unspecified atom stereocenters. The zero-order valence-electron chi connectivity index (χ0n) is 14.5. The maximum absolute atomic E-state index is 12.6. The molecule has 3 aliphatic rings. The molecule has 1 amide bonds. The predicted octanol–water partition coefficient (Wildman–Crippen LogP) is 3.04. The second kappa shape index (κ2) is 6.49. The van der Waals surface area contributed by atoms with Crippen LogP contribution in [0.25, 0.3) is 0 Å². The summed E-state index contributed by atoms with van der Waals surface area (Å²) >= 11 is 0. The van der Waals surface area contributed by atoms with Gasteiger partial charge in [-0.3, -0.25) is 4.79 Å². The van der Waals surface area contributed by atoms with Crippen LogP contribution in [0.15, 0.2) is 24.3 Å². The lowest BCUT2D eigenvalue weighted by Crippen LogP contribution is -2.66. The highest BCUT2D eigenvalue weighted by atomic mass is 16.5. The van der Waals surface area contributed by atoms with E-state index >= 15 is 0 Å². The van der Waals surface area contributed by atoms with E-state index in [9.17, 15) is 4.79 Å². The molecule has 24 heavy (non-hydrogen) atoms. The molecule has 0 N–H and O–H groups in total. The van der Waals surface area contributed by atoms with Crippen molar-refractivity contribution in [1.82, 2.24) is 4.90 Å². The minimum atomic E-state index is -0.109. The number of likely N-dealkylation sites (tertiary alicyclic amines) is 1. The molecule has 0 radical (unpaired) electrons. The van der Waals surface area contributed by atoms with Crippen LogP contribution in [0, 0.1) is 18.8 Å². The van der Waals surface area contributed by atoms with Gasteiger partial charge in [0.1, 0.15) is 5.60 Å². The van der Waals surface area contributed by atoms with Crippen molar-refractivity contribution in [2.45, 2.75) is 38.2 Å². The molecule has 1 aliphatic carbocycles.